The largest absolute Gasteiger partial charge is 0.338 e. The monoisotopic (exact) mass is 350 g/mol. The lowest BCUT2D eigenvalue weighted by Crippen LogP contribution is -2.35. The molecule has 2 aromatic rings. The van der Waals surface area contributed by atoms with Crippen molar-refractivity contribution in [2.24, 2.45) is 5.41 Å². The molecule has 136 valence electrons. The molecule has 2 saturated heterocycles. The third-order valence-electron chi connectivity index (χ3n) is 5.89. The number of aromatic nitrogens is 2. The topological polar surface area (TPSA) is 49.3 Å². The predicted molar refractivity (Wildman–Crippen MR) is 100 cm³/mol. The molecule has 1 spiro atoms. The van der Waals surface area contributed by atoms with Crippen LogP contribution in [0.1, 0.15) is 36.8 Å². The summed E-state index contributed by atoms with van der Waals surface area (Å²) in [7, 11) is 0. The Labute approximate surface area is 155 Å². The molecule has 5 nitrogen and oxygen atoms in total. The Kier molecular flexibility index (Phi) is 4.98. The summed E-state index contributed by atoms with van der Waals surface area (Å²) >= 11 is 0. The summed E-state index contributed by atoms with van der Waals surface area (Å²) in [5.74, 6) is 0.359. The van der Waals surface area contributed by atoms with Gasteiger partial charge in [0.1, 0.15) is 0 Å². The Morgan fingerprint density at radius 2 is 1.73 bits per heavy atom. The van der Waals surface area contributed by atoms with Crippen LogP contribution in [0.4, 0.5) is 0 Å². The van der Waals surface area contributed by atoms with Crippen LogP contribution in [0.2, 0.25) is 0 Å². The van der Waals surface area contributed by atoms with Crippen LogP contribution in [0.15, 0.2) is 49.1 Å². The van der Waals surface area contributed by atoms with E-state index in [1.165, 1.54) is 5.56 Å². The molecular formula is C21H26N4O. The number of carbonyl (C=O) groups excluding carboxylic acids is 1. The van der Waals surface area contributed by atoms with E-state index in [4.69, 9.17) is 0 Å². The first-order valence-electron chi connectivity index (χ1n) is 9.55. The van der Waals surface area contributed by atoms with Crippen molar-refractivity contribution >= 4 is 5.91 Å². The summed E-state index contributed by atoms with van der Waals surface area (Å²) < 4.78 is 0. The van der Waals surface area contributed by atoms with Crippen molar-refractivity contribution in [1.82, 2.24) is 19.8 Å². The molecule has 1 atom stereocenters. The Morgan fingerprint density at radius 3 is 2.54 bits per heavy atom. The van der Waals surface area contributed by atoms with Gasteiger partial charge in [0.05, 0.1) is 5.41 Å². The minimum absolute atomic E-state index is 0.142. The number of likely N-dealkylation sites (tertiary alicyclic amines) is 2. The maximum atomic E-state index is 13.2. The molecule has 1 amide bonds. The van der Waals surface area contributed by atoms with Crippen LogP contribution >= 0.6 is 0 Å². The van der Waals surface area contributed by atoms with E-state index in [2.05, 4.69) is 20.9 Å². The van der Waals surface area contributed by atoms with Crippen LogP contribution < -0.4 is 0 Å². The standard InChI is InChI=1S/C21H26N4O/c26-20-21(8-14-25(20)17-18-4-10-22-11-5-18)6-2-12-24(13-7-21)16-19-3-1-9-23-15-19/h1,3-5,9-11,15H,2,6-8,12-14,16-17H2/t21-/m0/s1. The molecule has 26 heavy (non-hydrogen) atoms. The summed E-state index contributed by atoms with van der Waals surface area (Å²) in [6.07, 6.45) is 11.4. The molecule has 0 bridgehead atoms. The van der Waals surface area contributed by atoms with Crippen molar-refractivity contribution in [3.05, 3.63) is 60.2 Å². The number of hydrogen-bond donors (Lipinski definition) is 0. The normalized spacial score (nSPS) is 24.2. The first-order valence-corrected chi connectivity index (χ1v) is 9.55. The lowest BCUT2D eigenvalue weighted by molar-refractivity contribution is -0.137. The molecule has 5 heteroatoms. The average Bonchev–Trinajstić information content (AvgIpc) is 2.85. The van der Waals surface area contributed by atoms with Gasteiger partial charge in [0.25, 0.3) is 0 Å². The van der Waals surface area contributed by atoms with E-state index in [0.29, 0.717) is 12.5 Å². The van der Waals surface area contributed by atoms with E-state index in [1.54, 1.807) is 12.4 Å². The molecule has 2 fully saturated rings. The highest BCUT2D eigenvalue weighted by atomic mass is 16.2. The molecule has 4 rings (SSSR count). The highest BCUT2D eigenvalue weighted by Crippen LogP contribution is 2.42. The van der Waals surface area contributed by atoms with E-state index in [9.17, 15) is 4.79 Å². The third-order valence-corrected chi connectivity index (χ3v) is 5.89. The number of rotatable bonds is 4. The van der Waals surface area contributed by atoms with Gasteiger partial charge in [-0.3, -0.25) is 19.7 Å². The molecule has 2 aliphatic rings. The van der Waals surface area contributed by atoms with Gasteiger partial charge in [0.15, 0.2) is 0 Å². The fraction of sp³-hybridized carbons (Fsp3) is 0.476. The van der Waals surface area contributed by atoms with Crippen molar-refractivity contribution in [2.75, 3.05) is 19.6 Å². The molecule has 2 aromatic heterocycles. The maximum absolute atomic E-state index is 13.2. The minimum atomic E-state index is -0.142. The van der Waals surface area contributed by atoms with Gasteiger partial charge in [-0.1, -0.05) is 6.07 Å². The summed E-state index contributed by atoms with van der Waals surface area (Å²) in [5, 5.41) is 0. The third kappa shape index (κ3) is 3.63. The van der Waals surface area contributed by atoms with E-state index < -0.39 is 0 Å². The van der Waals surface area contributed by atoms with Gasteiger partial charge in [-0.15, -0.1) is 0 Å². The highest BCUT2D eigenvalue weighted by Gasteiger charge is 2.46. The minimum Gasteiger partial charge on any atom is -0.338 e. The molecule has 0 unspecified atom stereocenters. The number of amides is 1. The van der Waals surface area contributed by atoms with Gasteiger partial charge in [0.2, 0.25) is 5.91 Å². The lowest BCUT2D eigenvalue weighted by atomic mass is 9.79. The highest BCUT2D eigenvalue weighted by molar-refractivity contribution is 5.84. The molecule has 4 heterocycles. The van der Waals surface area contributed by atoms with Crippen molar-refractivity contribution in [3.63, 3.8) is 0 Å². The van der Waals surface area contributed by atoms with Gasteiger partial charge < -0.3 is 4.90 Å². The molecule has 0 aliphatic carbocycles. The molecular weight excluding hydrogens is 324 g/mol. The number of nitrogens with zero attached hydrogens (tertiary/aromatic N) is 4. The van der Waals surface area contributed by atoms with Crippen molar-refractivity contribution in [2.45, 2.75) is 38.8 Å². The first kappa shape index (κ1) is 17.2. The number of hydrogen-bond acceptors (Lipinski definition) is 4. The first-order chi connectivity index (χ1) is 12.8. The summed E-state index contributed by atoms with van der Waals surface area (Å²) in [6, 6.07) is 8.12. The second kappa shape index (κ2) is 7.54. The van der Waals surface area contributed by atoms with Gasteiger partial charge in [-0.2, -0.15) is 0 Å². The quantitative estimate of drug-likeness (QED) is 0.851. The Morgan fingerprint density at radius 1 is 0.885 bits per heavy atom. The van der Waals surface area contributed by atoms with Crippen molar-refractivity contribution in [1.29, 1.82) is 0 Å². The van der Waals surface area contributed by atoms with E-state index in [-0.39, 0.29) is 5.41 Å². The van der Waals surface area contributed by atoms with Crippen LogP contribution in [-0.4, -0.2) is 45.3 Å². The van der Waals surface area contributed by atoms with E-state index in [1.807, 2.05) is 35.5 Å². The van der Waals surface area contributed by atoms with Crippen molar-refractivity contribution in [3.8, 4) is 0 Å². The predicted octanol–water partition coefficient (Wildman–Crippen LogP) is 2.88. The summed E-state index contributed by atoms with van der Waals surface area (Å²) in [4.78, 5) is 26.0. The lowest BCUT2D eigenvalue weighted by Gasteiger charge is -2.27. The van der Waals surface area contributed by atoms with Crippen LogP contribution in [0.5, 0.6) is 0 Å². The molecule has 0 saturated carbocycles. The fourth-order valence-electron chi connectivity index (χ4n) is 4.37. The van der Waals surface area contributed by atoms with Gasteiger partial charge in [-0.05, 0) is 68.1 Å². The summed E-state index contributed by atoms with van der Waals surface area (Å²) in [5.41, 5.74) is 2.27. The Hall–Kier alpha value is -2.27. The second-order valence-corrected chi connectivity index (χ2v) is 7.60. The molecule has 0 radical (unpaired) electrons. The number of pyridine rings is 2. The Balaban J connectivity index is 1.39. The van der Waals surface area contributed by atoms with Crippen LogP contribution in [0.3, 0.4) is 0 Å². The number of carbonyl (C=O) groups is 1. The van der Waals surface area contributed by atoms with E-state index in [0.717, 1.165) is 57.4 Å². The van der Waals surface area contributed by atoms with Crippen molar-refractivity contribution < 1.29 is 4.79 Å². The van der Waals surface area contributed by atoms with Crippen LogP contribution in [0.25, 0.3) is 0 Å². The zero-order valence-corrected chi connectivity index (χ0v) is 15.2. The van der Waals surface area contributed by atoms with Gasteiger partial charge >= 0.3 is 0 Å². The molecule has 0 N–H and O–H groups in total. The van der Waals surface area contributed by atoms with Gasteiger partial charge in [0, 0.05) is 44.4 Å². The fourth-order valence-corrected chi connectivity index (χ4v) is 4.37. The smallest absolute Gasteiger partial charge is 0.229 e. The van der Waals surface area contributed by atoms with Crippen LogP contribution in [-0.2, 0) is 17.9 Å². The molecule has 0 aromatic carbocycles. The zero-order chi connectivity index (χ0) is 17.8. The second-order valence-electron chi connectivity index (χ2n) is 7.60. The molecule has 2 aliphatic heterocycles. The summed E-state index contributed by atoms with van der Waals surface area (Å²) in [6.45, 7) is 4.57. The van der Waals surface area contributed by atoms with Gasteiger partial charge in [-0.25, -0.2) is 0 Å². The average molecular weight is 350 g/mol. The zero-order valence-electron chi connectivity index (χ0n) is 15.2. The van der Waals surface area contributed by atoms with E-state index >= 15 is 0 Å². The maximum Gasteiger partial charge on any atom is 0.229 e. The van der Waals surface area contributed by atoms with Crippen LogP contribution in [0, 0.1) is 5.41 Å². The Bertz CT molecular complexity index is 736. The SMILES string of the molecule is O=C1N(Cc2ccncc2)CC[C@@]12CCCN(Cc1cccnc1)CC2.